The summed E-state index contributed by atoms with van der Waals surface area (Å²) in [6.45, 7) is 4.14. The van der Waals surface area contributed by atoms with Crippen LogP contribution in [0.4, 0.5) is 0 Å². The third-order valence-corrected chi connectivity index (χ3v) is 3.48. The summed E-state index contributed by atoms with van der Waals surface area (Å²) in [7, 11) is 1.93. The second kappa shape index (κ2) is 4.07. The van der Waals surface area contributed by atoms with E-state index in [2.05, 4.69) is 15.4 Å². The van der Waals surface area contributed by atoms with Gasteiger partial charge >= 0.3 is 0 Å². The molecule has 0 unspecified atom stereocenters. The van der Waals surface area contributed by atoms with E-state index in [1.54, 1.807) is 0 Å². The molecule has 0 aliphatic carbocycles. The van der Waals surface area contributed by atoms with E-state index in [-0.39, 0.29) is 0 Å². The number of aromatic nitrogens is 4. The van der Waals surface area contributed by atoms with Crippen molar-refractivity contribution in [3.63, 3.8) is 0 Å². The molecule has 1 saturated heterocycles. The molecule has 2 aromatic rings. The van der Waals surface area contributed by atoms with Gasteiger partial charge in [0.15, 0.2) is 0 Å². The number of piperidine rings is 1. The van der Waals surface area contributed by atoms with Crippen LogP contribution >= 0.6 is 0 Å². The lowest BCUT2D eigenvalue weighted by molar-refractivity contribution is 0.446. The highest BCUT2D eigenvalue weighted by Crippen LogP contribution is 2.24. The van der Waals surface area contributed by atoms with Crippen LogP contribution in [0, 0.1) is 6.92 Å². The Morgan fingerprint density at radius 1 is 1.35 bits per heavy atom. The highest BCUT2D eigenvalue weighted by atomic mass is 15.3. The molecule has 1 N–H and O–H groups in total. The number of hydrogen-bond acceptors (Lipinski definition) is 4. The van der Waals surface area contributed by atoms with Crippen molar-refractivity contribution in [1.82, 2.24) is 25.1 Å². The molecule has 5 heteroatoms. The summed E-state index contributed by atoms with van der Waals surface area (Å²) < 4.78 is 1.84. The molecule has 0 saturated carbocycles. The summed E-state index contributed by atoms with van der Waals surface area (Å²) in [6.07, 6.45) is 4.16. The van der Waals surface area contributed by atoms with E-state index in [4.69, 9.17) is 4.98 Å². The van der Waals surface area contributed by atoms with Gasteiger partial charge in [-0.05, 0) is 32.9 Å². The molecular weight excluding hydrogens is 214 g/mol. The summed E-state index contributed by atoms with van der Waals surface area (Å²) in [5.41, 5.74) is 3.00. The Kier molecular flexibility index (Phi) is 2.55. The standard InChI is InChI=1S/C12H17N5/c1-8-11-10(17(2)16-8)7-14-12(15-11)9-3-5-13-6-4-9/h7,9,13H,3-6H2,1-2H3. The van der Waals surface area contributed by atoms with Crippen LogP contribution in [0.3, 0.4) is 0 Å². The third-order valence-electron chi connectivity index (χ3n) is 3.48. The Labute approximate surface area is 100 Å². The normalized spacial score (nSPS) is 17.8. The molecule has 0 radical (unpaired) electrons. The van der Waals surface area contributed by atoms with Crippen molar-refractivity contribution in [2.75, 3.05) is 13.1 Å². The van der Waals surface area contributed by atoms with Crippen LogP contribution in [0.25, 0.3) is 11.0 Å². The molecule has 5 nitrogen and oxygen atoms in total. The maximum Gasteiger partial charge on any atom is 0.132 e. The maximum absolute atomic E-state index is 4.70. The number of nitrogens with zero attached hydrogens (tertiary/aromatic N) is 4. The van der Waals surface area contributed by atoms with Crippen molar-refractivity contribution in [2.45, 2.75) is 25.7 Å². The Morgan fingerprint density at radius 3 is 2.88 bits per heavy atom. The van der Waals surface area contributed by atoms with Crippen molar-refractivity contribution in [3.05, 3.63) is 17.7 Å². The minimum absolute atomic E-state index is 0.500. The largest absolute Gasteiger partial charge is 0.317 e. The Bertz CT molecular complexity index is 539. The molecule has 0 atom stereocenters. The Hall–Kier alpha value is -1.49. The minimum atomic E-state index is 0.500. The van der Waals surface area contributed by atoms with Crippen molar-refractivity contribution in [1.29, 1.82) is 0 Å². The molecule has 0 amide bonds. The molecule has 1 aliphatic rings. The van der Waals surface area contributed by atoms with E-state index in [0.29, 0.717) is 5.92 Å². The third kappa shape index (κ3) is 1.80. The number of rotatable bonds is 1. The molecule has 0 aromatic carbocycles. The fourth-order valence-corrected chi connectivity index (χ4v) is 2.50. The molecule has 1 fully saturated rings. The van der Waals surface area contributed by atoms with Crippen LogP contribution < -0.4 is 5.32 Å². The minimum Gasteiger partial charge on any atom is -0.317 e. The zero-order valence-corrected chi connectivity index (χ0v) is 10.3. The second-order valence-electron chi connectivity index (χ2n) is 4.70. The average Bonchev–Trinajstić information content (AvgIpc) is 2.66. The molecule has 1 aliphatic heterocycles. The van der Waals surface area contributed by atoms with E-state index >= 15 is 0 Å². The summed E-state index contributed by atoms with van der Waals surface area (Å²) in [5.74, 6) is 1.48. The van der Waals surface area contributed by atoms with Gasteiger partial charge < -0.3 is 5.32 Å². The molecule has 2 aromatic heterocycles. The van der Waals surface area contributed by atoms with Gasteiger partial charge in [0, 0.05) is 13.0 Å². The van der Waals surface area contributed by atoms with E-state index < -0.39 is 0 Å². The number of fused-ring (bicyclic) bond motifs is 1. The van der Waals surface area contributed by atoms with Gasteiger partial charge in [0.05, 0.1) is 11.9 Å². The van der Waals surface area contributed by atoms with Crippen LogP contribution in [-0.2, 0) is 7.05 Å². The first kappa shape index (κ1) is 10.7. The highest BCUT2D eigenvalue weighted by Gasteiger charge is 2.19. The number of nitrogens with one attached hydrogen (secondary N) is 1. The summed E-state index contributed by atoms with van der Waals surface area (Å²) in [4.78, 5) is 9.20. The first-order chi connectivity index (χ1) is 8.25. The van der Waals surface area contributed by atoms with Gasteiger partial charge in [-0.3, -0.25) is 4.68 Å². The van der Waals surface area contributed by atoms with Gasteiger partial charge in [-0.15, -0.1) is 0 Å². The molecular formula is C12H17N5. The Balaban J connectivity index is 2.03. The fourth-order valence-electron chi connectivity index (χ4n) is 2.50. The molecule has 0 bridgehead atoms. The lowest BCUT2D eigenvalue weighted by atomic mass is 9.97. The molecule has 17 heavy (non-hydrogen) atoms. The number of hydrogen-bond donors (Lipinski definition) is 1. The second-order valence-corrected chi connectivity index (χ2v) is 4.70. The van der Waals surface area contributed by atoms with Crippen LogP contribution in [-0.4, -0.2) is 32.8 Å². The maximum atomic E-state index is 4.70. The van der Waals surface area contributed by atoms with Crippen LogP contribution in [0.1, 0.15) is 30.3 Å². The van der Waals surface area contributed by atoms with Gasteiger partial charge in [-0.1, -0.05) is 0 Å². The fraction of sp³-hybridized carbons (Fsp3) is 0.583. The summed E-state index contributed by atoms with van der Waals surface area (Å²) >= 11 is 0. The SMILES string of the molecule is Cc1nn(C)c2cnc(C3CCNCC3)nc12. The van der Waals surface area contributed by atoms with Crippen molar-refractivity contribution in [2.24, 2.45) is 7.05 Å². The van der Waals surface area contributed by atoms with E-state index in [1.807, 2.05) is 24.9 Å². The van der Waals surface area contributed by atoms with E-state index in [0.717, 1.165) is 48.5 Å². The zero-order valence-electron chi connectivity index (χ0n) is 10.3. The highest BCUT2D eigenvalue weighted by molar-refractivity contribution is 5.76. The quantitative estimate of drug-likeness (QED) is 0.799. The van der Waals surface area contributed by atoms with Gasteiger partial charge in [-0.2, -0.15) is 5.10 Å². The average molecular weight is 231 g/mol. The van der Waals surface area contributed by atoms with Gasteiger partial charge in [0.25, 0.3) is 0 Å². The monoisotopic (exact) mass is 231 g/mol. The first-order valence-electron chi connectivity index (χ1n) is 6.12. The first-order valence-corrected chi connectivity index (χ1v) is 6.12. The van der Waals surface area contributed by atoms with Crippen molar-refractivity contribution < 1.29 is 0 Å². The van der Waals surface area contributed by atoms with Crippen LogP contribution in [0.5, 0.6) is 0 Å². The molecule has 3 rings (SSSR count). The zero-order chi connectivity index (χ0) is 11.8. The van der Waals surface area contributed by atoms with E-state index in [9.17, 15) is 0 Å². The van der Waals surface area contributed by atoms with E-state index in [1.165, 1.54) is 0 Å². The lowest BCUT2D eigenvalue weighted by Gasteiger charge is -2.21. The lowest BCUT2D eigenvalue weighted by Crippen LogP contribution is -2.27. The van der Waals surface area contributed by atoms with Crippen LogP contribution in [0.15, 0.2) is 6.20 Å². The molecule has 3 heterocycles. The van der Waals surface area contributed by atoms with Gasteiger partial charge in [-0.25, -0.2) is 9.97 Å². The van der Waals surface area contributed by atoms with Gasteiger partial charge in [0.2, 0.25) is 0 Å². The molecule has 0 spiro atoms. The predicted octanol–water partition coefficient (Wildman–Crippen LogP) is 1.14. The Morgan fingerprint density at radius 2 is 2.12 bits per heavy atom. The van der Waals surface area contributed by atoms with Crippen molar-refractivity contribution >= 4 is 11.0 Å². The smallest absolute Gasteiger partial charge is 0.132 e. The topological polar surface area (TPSA) is 55.6 Å². The van der Waals surface area contributed by atoms with Crippen molar-refractivity contribution in [3.8, 4) is 0 Å². The molecule has 90 valence electrons. The summed E-state index contributed by atoms with van der Waals surface area (Å²) in [5, 5.41) is 7.74. The summed E-state index contributed by atoms with van der Waals surface area (Å²) in [6, 6.07) is 0. The van der Waals surface area contributed by atoms with Crippen LogP contribution in [0.2, 0.25) is 0 Å². The van der Waals surface area contributed by atoms with Gasteiger partial charge in [0.1, 0.15) is 16.9 Å². The number of aryl methyl sites for hydroxylation is 2. The predicted molar refractivity (Wildman–Crippen MR) is 65.9 cm³/mol.